The zero-order valence-electron chi connectivity index (χ0n) is 11.8. The Hall–Kier alpha value is -1.59. The van der Waals surface area contributed by atoms with Crippen molar-refractivity contribution in [2.75, 3.05) is 13.2 Å². The molecule has 0 aromatic heterocycles. The number of ether oxygens (including phenoxy) is 3. The molecule has 0 bridgehead atoms. The average Bonchev–Trinajstić information content (AvgIpc) is 2.41. The fourth-order valence-electron chi connectivity index (χ4n) is 1.15. The second-order valence-corrected chi connectivity index (χ2v) is 3.93. The van der Waals surface area contributed by atoms with Crippen LogP contribution >= 0.6 is 0 Å². The molecule has 0 saturated carbocycles. The van der Waals surface area contributed by atoms with Gasteiger partial charge in [0.25, 0.3) is 0 Å². The third-order valence-corrected chi connectivity index (χ3v) is 2.17. The number of esters is 3. The van der Waals surface area contributed by atoms with Crippen molar-refractivity contribution in [1.82, 2.24) is 0 Å². The van der Waals surface area contributed by atoms with E-state index in [1.165, 1.54) is 0 Å². The van der Waals surface area contributed by atoms with Gasteiger partial charge in [-0.05, 0) is 6.42 Å². The van der Waals surface area contributed by atoms with E-state index in [4.69, 9.17) is 14.2 Å². The molecule has 0 rings (SSSR count). The first-order valence-corrected chi connectivity index (χ1v) is 6.54. The zero-order chi connectivity index (χ0) is 14.7. The Balaban J connectivity index is 4.27. The van der Waals surface area contributed by atoms with Gasteiger partial charge in [0.15, 0.2) is 0 Å². The molecular formula is C13H22O6. The van der Waals surface area contributed by atoms with Gasteiger partial charge in [-0.1, -0.05) is 20.8 Å². The molecule has 0 N–H and O–H groups in total. The minimum atomic E-state index is -0.785. The summed E-state index contributed by atoms with van der Waals surface area (Å²) in [7, 11) is 0. The normalized spacial score (nSPS) is 11.5. The van der Waals surface area contributed by atoms with Gasteiger partial charge in [0.2, 0.25) is 0 Å². The van der Waals surface area contributed by atoms with Crippen molar-refractivity contribution in [3.63, 3.8) is 0 Å². The van der Waals surface area contributed by atoms with Crippen LogP contribution in [-0.4, -0.2) is 37.2 Å². The molecule has 0 amide bonds. The van der Waals surface area contributed by atoms with E-state index < -0.39 is 24.0 Å². The molecule has 110 valence electrons. The fraction of sp³-hybridized carbons (Fsp3) is 0.769. The topological polar surface area (TPSA) is 78.9 Å². The second kappa shape index (κ2) is 10.3. The molecule has 0 aliphatic carbocycles. The molecule has 1 unspecified atom stereocenters. The molecule has 1 atom stereocenters. The van der Waals surface area contributed by atoms with Crippen LogP contribution < -0.4 is 0 Å². The van der Waals surface area contributed by atoms with Gasteiger partial charge in [-0.15, -0.1) is 0 Å². The highest BCUT2D eigenvalue weighted by Crippen LogP contribution is 2.05. The minimum Gasteiger partial charge on any atom is -0.466 e. The van der Waals surface area contributed by atoms with Crippen LogP contribution in [0.4, 0.5) is 0 Å². The van der Waals surface area contributed by atoms with Crippen molar-refractivity contribution in [1.29, 1.82) is 0 Å². The van der Waals surface area contributed by atoms with Crippen LogP contribution in [0.25, 0.3) is 0 Å². The quantitative estimate of drug-likeness (QED) is 0.469. The van der Waals surface area contributed by atoms with Crippen molar-refractivity contribution in [2.24, 2.45) is 0 Å². The SMILES string of the molecule is CCCOC(=O)CC(COC(=O)CC)OC(=O)CC. The zero-order valence-corrected chi connectivity index (χ0v) is 11.8. The van der Waals surface area contributed by atoms with Crippen molar-refractivity contribution in [3.05, 3.63) is 0 Å². The molecule has 0 aliphatic heterocycles. The van der Waals surface area contributed by atoms with Crippen LogP contribution in [-0.2, 0) is 28.6 Å². The second-order valence-electron chi connectivity index (χ2n) is 3.93. The molecule has 19 heavy (non-hydrogen) atoms. The summed E-state index contributed by atoms with van der Waals surface area (Å²) in [5.74, 6) is -1.32. The van der Waals surface area contributed by atoms with E-state index in [2.05, 4.69) is 0 Å². The molecule has 0 fully saturated rings. The van der Waals surface area contributed by atoms with Crippen molar-refractivity contribution < 1.29 is 28.6 Å². The predicted octanol–water partition coefficient (Wildman–Crippen LogP) is 1.60. The van der Waals surface area contributed by atoms with E-state index in [0.29, 0.717) is 6.61 Å². The molecular weight excluding hydrogens is 252 g/mol. The summed E-state index contributed by atoms with van der Waals surface area (Å²) in [6.45, 7) is 5.38. The molecule has 0 aromatic carbocycles. The maximum atomic E-state index is 11.4. The van der Waals surface area contributed by atoms with E-state index in [1.54, 1.807) is 13.8 Å². The molecule has 6 heteroatoms. The smallest absolute Gasteiger partial charge is 0.309 e. The Morgan fingerprint density at radius 3 is 2.05 bits per heavy atom. The van der Waals surface area contributed by atoms with Gasteiger partial charge in [-0.2, -0.15) is 0 Å². The molecule has 0 radical (unpaired) electrons. The van der Waals surface area contributed by atoms with Crippen molar-refractivity contribution in [3.8, 4) is 0 Å². The van der Waals surface area contributed by atoms with Gasteiger partial charge in [-0.3, -0.25) is 14.4 Å². The average molecular weight is 274 g/mol. The third-order valence-electron chi connectivity index (χ3n) is 2.17. The molecule has 0 spiro atoms. The largest absolute Gasteiger partial charge is 0.466 e. The predicted molar refractivity (Wildman–Crippen MR) is 67.3 cm³/mol. The molecule has 0 aliphatic rings. The van der Waals surface area contributed by atoms with Crippen LogP contribution in [0, 0.1) is 0 Å². The van der Waals surface area contributed by atoms with Gasteiger partial charge in [0.1, 0.15) is 12.7 Å². The van der Waals surface area contributed by atoms with Crippen LogP contribution in [0.2, 0.25) is 0 Å². The number of hydrogen-bond acceptors (Lipinski definition) is 6. The van der Waals surface area contributed by atoms with Gasteiger partial charge >= 0.3 is 17.9 Å². The summed E-state index contributed by atoms with van der Waals surface area (Å²) in [4.78, 5) is 33.7. The van der Waals surface area contributed by atoms with E-state index >= 15 is 0 Å². The van der Waals surface area contributed by atoms with E-state index in [9.17, 15) is 14.4 Å². The fourth-order valence-corrected chi connectivity index (χ4v) is 1.15. The monoisotopic (exact) mass is 274 g/mol. The first kappa shape index (κ1) is 17.4. The van der Waals surface area contributed by atoms with Crippen LogP contribution in [0.15, 0.2) is 0 Å². The van der Waals surface area contributed by atoms with E-state index in [1.807, 2.05) is 6.92 Å². The lowest BCUT2D eigenvalue weighted by atomic mass is 10.2. The lowest BCUT2D eigenvalue weighted by Gasteiger charge is -2.16. The Labute approximate surface area is 113 Å². The van der Waals surface area contributed by atoms with Gasteiger partial charge in [0, 0.05) is 12.8 Å². The highest BCUT2D eigenvalue weighted by Gasteiger charge is 2.20. The van der Waals surface area contributed by atoms with Crippen LogP contribution in [0.5, 0.6) is 0 Å². The molecule has 0 saturated heterocycles. The van der Waals surface area contributed by atoms with E-state index in [-0.39, 0.29) is 25.9 Å². The summed E-state index contributed by atoms with van der Waals surface area (Å²) < 4.78 is 14.8. The lowest BCUT2D eigenvalue weighted by molar-refractivity contribution is -0.163. The summed E-state index contributed by atoms with van der Waals surface area (Å²) in [5.41, 5.74) is 0. The lowest BCUT2D eigenvalue weighted by Crippen LogP contribution is -2.28. The van der Waals surface area contributed by atoms with Gasteiger partial charge in [-0.25, -0.2) is 0 Å². The molecule has 6 nitrogen and oxygen atoms in total. The maximum Gasteiger partial charge on any atom is 0.309 e. The number of hydrogen-bond donors (Lipinski definition) is 0. The van der Waals surface area contributed by atoms with Crippen LogP contribution in [0.1, 0.15) is 46.5 Å². The molecule has 0 heterocycles. The summed E-state index contributed by atoms with van der Waals surface area (Å²) in [6.07, 6.45) is 0.252. The van der Waals surface area contributed by atoms with Gasteiger partial charge < -0.3 is 14.2 Å². The standard InChI is InChI=1S/C13H22O6/c1-4-7-17-13(16)8-10(19-12(15)6-3)9-18-11(14)5-2/h10H,4-9H2,1-3H3. The first-order chi connectivity index (χ1) is 9.03. The van der Waals surface area contributed by atoms with Gasteiger partial charge in [0.05, 0.1) is 13.0 Å². The number of rotatable bonds is 9. The van der Waals surface area contributed by atoms with Crippen molar-refractivity contribution >= 4 is 17.9 Å². The highest BCUT2D eigenvalue weighted by atomic mass is 16.6. The summed E-state index contributed by atoms with van der Waals surface area (Å²) >= 11 is 0. The van der Waals surface area contributed by atoms with E-state index in [0.717, 1.165) is 6.42 Å². The Morgan fingerprint density at radius 1 is 0.895 bits per heavy atom. The Bertz CT molecular complexity index is 300. The third kappa shape index (κ3) is 9.04. The summed E-state index contributed by atoms with van der Waals surface area (Å²) in [5, 5.41) is 0. The number of carbonyl (C=O) groups excluding carboxylic acids is 3. The van der Waals surface area contributed by atoms with Crippen LogP contribution in [0.3, 0.4) is 0 Å². The highest BCUT2D eigenvalue weighted by molar-refractivity contribution is 5.73. The number of carbonyl (C=O) groups is 3. The Morgan fingerprint density at radius 2 is 1.53 bits per heavy atom. The minimum absolute atomic E-state index is 0.108. The first-order valence-electron chi connectivity index (χ1n) is 6.54. The Kier molecular flexibility index (Phi) is 9.48. The van der Waals surface area contributed by atoms with Crippen molar-refractivity contribution in [2.45, 2.75) is 52.6 Å². The molecule has 0 aromatic rings. The summed E-state index contributed by atoms with van der Waals surface area (Å²) in [6, 6.07) is 0. The maximum absolute atomic E-state index is 11.4.